The van der Waals surface area contributed by atoms with Crippen molar-refractivity contribution in [3.05, 3.63) is 47.2 Å². The summed E-state index contributed by atoms with van der Waals surface area (Å²) in [6, 6.07) is 8.82. The Hall–Kier alpha value is -2.36. The van der Waals surface area contributed by atoms with E-state index in [1.165, 1.54) is 0 Å². The molecule has 0 atom stereocenters. The Kier molecular flexibility index (Phi) is 4.58. The predicted octanol–water partition coefficient (Wildman–Crippen LogP) is 3.45. The Labute approximate surface area is 124 Å². The van der Waals surface area contributed by atoms with Crippen molar-refractivity contribution in [2.45, 2.75) is 20.8 Å². The van der Waals surface area contributed by atoms with Crippen LogP contribution in [0.5, 0.6) is 0 Å². The highest BCUT2D eigenvalue weighted by Crippen LogP contribution is 2.26. The fraction of sp³-hybridized carbons (Fsp3) is 0.294. The number of aryl methyl sites for hydroxylation is 1. The van der Waals surface area contributed by atoms with E-state index < -0.39 is 0 Å². The maximum atomic E-state index is 12.0. The number of aldehydes is 1. The average molecular weight is 285 g/mol. The number of carbonyl (C=O) groups excluding carboxylic acids is 2. The molecule has 1 amide bonds. The van der Waals surface area contributed by atoms with E-state index in [0.29, 0.717) is 35.8 Å². The lowest BCUT2D eigenvalue weighted by Crippen LogP contribution is -2.27. The number of rotatable bonds is 5. The van der Waals surface area contributed by atoms with Crippen molar-refractivity contribution in [2.75, 3.05) is 6.54 Å². The van der Waals surface area contributed by atoms with Crippen molar-refractivity contribution < 1.29 is 14.0 Å². The highest BCUT2D eigenvalue weighted by Gasteiger charge is 2.11. The van der Waals surface area contributed by atoms with Gasteiger partial charge in [-0.3, -0.25) is 9.59 Å². The molecular weight excluding hydrogens is 266 g/mol. The Morgan fingerprint density at radius 2 is 2.05 bits per heavy atom. The van der Waals surface area contributed by atoms with Crippen molar-refractivity contribution in [2.24, 2.45) is 5.92 Å². The smallest absolute Gasteiger partial charge is 0.251 e. The van der Waals surface area contributed by atoms with E-state index in [0.717, 1.165) is 11.1 Å². The van der Waals surface area contributed by atoms with E-state index in [-0.39, 0.29) is 5.91 Å². The first-order valence-corrected chi connectivity index (χ1v) is 6.95. The van der Waals surface area contributed by atoms with Crippen LogP contribution in [0.15, 0.2) is 34.7 Å². The lowest BCUT2D eigenvalue weighted by molar-refractivity contribution is 0.0948. The maximum Gasteiger partial charge on any atom is 0.251 e. The monoisotopic (exact) mass is 285 g/mol. The van der Waals surface area contributed by atoms with Gasteiger partial charge in [-0.25, -0.2) is 0 Å². The van der Waals surface area contributed by atoms with E-state index >= 15 is 0 Å². The fourth-order valence-corrected chi connectivity index (χ4v) is 2.04. The molecule has 0 saturated heterocycles. The SMILES string of the molecule is Cc1cc(C(=O)NCC(C)C)ccc1-c1ccc(C=O)o1. The lowest BCUT2D eigenvalue weighted by Gasteiger charge is -2.09. The molecule has 21 heavy (non-hydrogen) atoms. The summed E-state index contributed by atoms with van der Waals surface area (Å²) >= 11 is 0. The van der Waals surface area contributed by atoms with E-state index in [9.17, 15) is 9.59 Å². The molecule has 2 rings (SSSR count). The summed E-state index contributed by atoms with van der Waals surface area (Å²) in [5.41, 5.74) is 2.43. The second-order valence-electron chi connectivity index (χ2n) is 5.45. The zero-order valence-electron chi connectivity index (χ0n) is 12.5. The van der Waals surface area contributed by atoms with Crippen LogP contribution in [-0.2, 0) is 0 Å². The molecule has 0 fully saturated rings. The van der Waals surface area contributed by atoms with Crippen molar-refractivity contribution >= 4 is 12.2 Å². The van der Waals surface area contributed by atoms with Gasteiger partial charge in [-0.1, -0.05) is 19.9 Å². The van der Waals surface area contributed by atoms with Gasteiger partial charge in [0.2, 0.25) is 0 Å². The predicted molar refractivity (Wildman–Crippen MR) is 81.4 cm³/mol. The minimum atomic E-state index is -0.0774. The quantitative estimate of drug-likeness (QED) is 0.856. The molecule has 0 aliphatic rings. The van der Waals surface area contributed by atoms with Crippen molar-refractivity contribution in [3.8, 4) is 11.3 Å². The van der Waals surface area contributed by atoms with Gasteiger partial charge in [0.15, 0.2) is 12.0 Å². The van der Waals surface area contributed by atoms with Crippen LogP contribution in [-0.4, -0.2) is 18.7 Å². The zero-order valence-corrected chi connectivity index (χ0v) is 12.5. The lowest BCUT2D eigenvalue weighted by atomic mass is 10.0. The third-order valence-electron chi connectivity index (χ3n) is 3.17. The molecule has 2 aromatic rings. The van der Waals surface area contributed by atoms with Crippen molar-refractivity contribution in [3.63, 3.8) is 0 Å². The summed E-state index contributed by atoms with van der Waals surface area (Å²) in [4.78, 5) is 22.7. The number of nitrogens with one attached hydrogen (secondary N) is 1. The highest BCUT2D eigenvalue weighted by molar-refractivity contribution is 5.95. The summed E-state index contributed by atoms with van der Waals surface area (Å²) in [6.07, 6.45) is 0.673. The molecule has 1 aromatic carbocycles. The molecule has 0 radical (unpaired) electrons. The van der Waals surface area contributed by atoms with E-state index in [1.54, 1.807) is 18.2 Å². The van der Waals surface area contributed by atoms with Crippen LogP contribution in [0.3, 0.4) is 0 Å². The van der Waals surface area contributed by atoms with E-state index in [1.807, 2.05) is 19.1 Å². The fourth-order valence-electron chi connectivity index (χ4n) is 2.04. The summed E-state index contributed by atoms with van der Waals surface area (Å²) in [5, 5.41) is 2.89. The van der Waals surface area contributed by atoms with Gasteiger partial charge in [0.1, 0.15) is 5.76 Å². The van der Waals surface area contributed by atoms with Crippen LogP contribution in [0.1, 0.15) is 40.3 Å². The van der Waals surface area contributed by atoms with Crippen LogP contribution in [0.2, 0.25) is 0 Å². The van der Waals surface area contributed by atoms with E-state index in [2.05, 4.69) is 19.2 Å². The first-order chi connectivity index (χ1) is 10.0. The third-order valence-corrected chi connectivity index (χ3v) is 3.17. The Bertz CT molecular complexity index is 656. The minimum Gasteiger partial charge on any atom is -0.453 e. The molecule has 0 aliphatic heterocycles. The summed E-state index contributed by atoms with van der Waals surface area (Å²) < 4.78 is 5.41. The molecule has 1 N–H and O–H groups in total. The van der Waals surface area contributed by atoms with Crippen molar-refractivity contribution in [1.29, 1.82) is 0 Å². The number of hydrogen-bond donors (Lipinski definition) is 1. The maximum absolute atomic E-state index is 12.0. The van der Waals surface area contributed by atoms with Crippen LogP contribution >= 0.6 is 0 Å². The third kappa shape index (κ3) is 3.60. The van der Waals surface area contributed by atoms with Crippen LogP contribution in [0, 0.1) is 12.8 Å². The van der Waals surface area contributed by atoms with Gasteiger partial charge in [0, 0.05) is 17.7 Å². The topological polar surface area (TPSA) is 59.3 Å². The number of hydrogen-bond acceptors (Lipinski definition) is 3. The first kappa shape index (κ1) is 15.0. The highest BCUT2D eigenvalue weighted by atomic mass is 16.3. The van der Waals surface area contributed by atoms with Gasteiger partial charge < -0.3 is 9.73 Å². The molecule has 1 aromatic heterocycles. The van der Waals surface area contributed by atoms with Gasteiger partial charge >= 0.3 is 0 Å². The second-order valence-corrected chi connectivity index (χ2v) is 5.45. The minimum absolute atomic E-state index is 0.0774. The van der Waals surface area contributed by atoms with Gasteiger partial charge in [0.05, 0.1) is 0 Å². The Morgan fingerprint density at radius 3 is 2.62 bits per heavy atom. The van der Waals surface area contributed by atoms with Gasteiger partial charge in [-0.2, -0.15) is 0 Å². The van der Waals surface area contributed by atoms with Crippen LogP contribution < -0.4 is 5.32 Å². The molecule has 0 bridgehead atoms. The number of benzene rings is 1. The molecule has 110 valence electrons. The molecule has 4 heteroatoms. The molecule has 1 heterocycles. The first-order valence-electron chi connectivity index (χ1n) is 6.95. The molecule has 0 saturated carbocycles. The molecular formula is C17H19NO3. The Balaban J connectivity index is 2.21. The molecule has 0 aliphatic carbocycles. The van der Waals surface area contributed by atoms with E-state index in [4.69, 9.17) is 4.42 Å². The molecule has 0 unspecified atom stereocenters. The average Bonchev–Trinajstić information content (AvgIpc) is 2.93. The zero-order chi connectivity index (χ0) is 15.4. The largest absolute Gasteiger partial charge is 0.453 e. The number of amides is 1. The van der Waals surface area contributed by atoms with Crippen LogP contribution in [0.25, 0.3) is 11.3 Å². The van der Waals surface area contributed by atoms with Gasteiger partial charge in [-0.15, -0.1) is 0 Å². The Morgan fingerprint density at radius 1 is 1.29 bits per heavy atom. The summed E-state index contributed by atoms with van der Waals surface area (Å²) in [6.45, 7) is 6.67. The van der Waals surface area contributed by atoms with Crippen molar-refractivity contribution in [1.82, 2.24) is 5.32 Å². The normalized spacial score (nSPS) is 10.7. The van der Waals surface area contributed by atoms with Gasteiger partial charge in [-0.05, 0) is 42.7 Å². The second kappa shape index (κ2) is 6.39. The number of furan rings is 1. The number of carbonyl (C=O) groups is 2. The standard InChI is InChI=1S/C17H19NO3/c1-11(2)9-18-17(20)13-4-6-15(12(3)8-13)16-7-5-14(10-19)21-16/h4-8,10-11H,9H2,1-3H3,(H,18,20). The van der Waals surface area contributed by atoms with Gasteiger partial charge in [0.25, 0.3) is 5.91 Å². The van der Waals surface area contributed by atoms with Crippen LogP contribution in [0.4, 0.5) is 0 Å². The summed E-state index contributed by atoms with van der Waals surface area (Å²) in [5.74, 6) is 1.26. The molecule has 0 spiro atoms. The summed E-state index contributed by atoms with van der Waals surface area (Å²) in [7, 11) is 0. The molecule has 4 nitrogen and oxygen atoms in total.